The van der Waals surface area contributed by atoms with E-state index < -0.39 is 0 Å². The minimum absolute atomic E-state index is 0.691. The highest BCUT2D eigenvalue weighted by atomic mass is 15.4. The van der Waals surface area contributed by atoms with Crippen molar-refractivity contribution < 1.29 is 0 Å². The molecule has 0 atom stereocenters. The lowest BCUT2D eigenvalue weighted by molar-refractivity contribution is 0.248. The smallest absolute Gasteiger partial charge is 0.247 e. The summed E-state index contributed by atoms with van der Waals surface area (Å²) >= 11 is 0. The van der Waals surface area contributed by atoms with Crippen LogP contribution >= 0.6 is 0 Å². The van der Waals surface area contributed by atoms with E-state index in [-0.39, 0.29) is 0 Å². The molecule has 1 fully saturated rings. The van der Waals surface area contributed by atoms with Crippen LogP contribution in [0.4, 0.5) is 17.5 Å². The van der Waals surface area contributed by atoms with Crippen LogP contribution < -0.4 is 10.2 Å². The summed E-state index contributed by atoms with van der Waals surface area (Å²) in [5, 5.41) is 11.9. The second kappa shape index (κ2) is 8.57. The second-order valence-electron chi connectivity index (χ2n) is 7.79. The van der Waals surface area contributed by atoms with E-state index in [1.54, 1.807) is 6.20 Å². The highest BCUT2D eigenvalue weighted by Crippen LogP contribution is 2.25. The molecule has 1 aliphatic rings. The summed E-state index contributed by atoms with van der Waals surface area (Å²) < 4.78 is 0. The Kier molecular flexibility index (Phi) is 5.71. The monoisotopic (exact) mass is 388 g/mol. The first kappa shape index (κ1) is 19.3. The third kappa shape index (κ3) is 4.71. The van der Waals surface area contributed by atoms with Crippen LogP contribution in [0.2, 0.25) is 0 Å². The molecule has 1 N–H and O–H groups in total. The number of aromatic nitrogens is 3. The summed E-state index contributed by atoms with van der Waals surface area (Å²) in [6, 6.07) is 15.0. The van der Waals surface area contributed by atoms with E-state index in [2.05, 4.69) is 88.5 Å². The number of piperazine rings is 1. The first-order valence-corrected chi connectivity index (χ1v) is 10.1. The Balaban J connectivity index is 1.41. The molecule has 0 amide bonds. The molecule has 1 saturated heterocycles. The molecule has 0 bridgehead atoms. The van der Waals surface area contributed by atoms with E-state index in [4.69, 9.17) is 4.98 Å². The highest BCUT2D eigenvalue weighted by Gasteiger charge is 2.20. The van der Waals surface area contributed by atoms with Crippen molar-refractivity contribution in [1.82, 2.24) is 20.1 Å². The Hall–Kier alpha value is -2.99. The van der Waals surface area contributed by atoms with Crippen molar-refractivity contribution >= 4 is 17.5 Å². The van der Waals surface area contributed by atoms with Gasteiger partial charge in [-0.15, -0.1) is 5.10 Å². The molecule has 3 aromatic rings. The zero-order valence-electron chi connectivity index (χ0n) is 17.4. The van der Waals surface area contributed by atoms with Crippen molar-refractivity contribution in [3.05, 3.63) is 70.9 Å². The lowest BCUT2D eigenvalue weighted by Gasteiger charge is -2.34. The predicted octanol–water partition coefficient (Wildman–Crippen LogP) is 3.86. The number of nitrogens with one attached hydrogen (secondary N) is 1. The van der Waals surface area contributed by atoms with E-state index >= 15 is 0 Å². The molecule has 1 aliphatic heterocycles. The molecule has 0 saturated carbocycles. The number of rotatable bonds is 5. The number of hydrogen-bond acceptors (Lipinski definition) is 6. The molecular weight excluding hydrogens is 360 g/mol. The van der Waals surface area contributed by atoms with Crippen LogP contribution in [0.3, 0.4) is 0 Å². The fraction of sp³-hybridized carbons (Fsp3) is 0.348. The second-order valence-corrected chi connectivity index (χ2v) is 7.79. The van der Waals surface area contributed by atoms with Gasteiger partial charge < -0.3 is 10.2 Å². The maximum atomic E-state index is 4.73. The van der Waals surface area contributed by atoms with Gasteiger partial charge in [0.05, 0.1) is 6.20 Å². The fourth-order valence-corrected chi connectivity index (χ4v) is 3.94. The van der Waals surface area contributed by atoms with Gasteiger partial charge in [0.25, 0.3) is 0 Å². The summed E-state index contributed by atoms with van der Waals surface area (Å²) in [6.45, 7) is 11.1. The minimum Gasteiger partial charge on any atom is -0.338 e. The fourth-order valence-electron chi connectivity index (χ4n) is 3.94. The third-order valence-corrected chi connectivity index (χ3v) is 5.38. The van der Waals surface area contributed by atoms with Crippen LogP contribution in [0.15, 0.2) is 48.7 Å². The Morgan fingerprint density at radius 2 is 1.62 bits per heavy atom. The van der Waals surface area contributed by atoms with Crippen LogP contribution in [-0.2, 0) is 6.54 Å². The quantitative estimate of drug-likeness (QED) is 0.716. The molecule has 2 aromatic carbocycles. The Labute approximate surface area is 172 Å². The van der Waals surface area contributed by atoms with E-state index in [1.165, 1.54) is 22.3 Å². The summed E-state index contributed by atoms with van der Waals surface area (Å²) in [7, 11) is 0. The van der Waals surface area contributed by atoms with Gasteiger partial charge in [0.15, 0.2) is 5.82 Å². The van der Waals surface area contributed by atoms with E-state index in [0.717, 1.165) is 44.2 Å². The molecule has 1 aromatic heterocycles. The van der Waals surface area contributed by atoms with Crippen molar-refractivity contribution in [3.8, 4) is 0 Å². The first-order chi connectivity index (χ1) is 14.1. The SMILES string of the molecule is Cc1cc(C)c(Nc2cnnc(N3CCN(Cc4ccccc4)CC3)n2)c(C)c1. The summed E-state index contributed by atoms with van der Waals surface area (Å²) in [5.74, 6) is 1.42. The first-order valence-electron chi connectivity index (χ1n) is 10.1. The van der Waals surface area contributed by atoms with Gasteiger partial charge in [0.2, 0.25) is 5.95 Å². The molecule has 0 radical (unpaired) electrons. The highest BCUT2D eigenvalue weighted by molar-refractivity contribution is 5.65. The van der Waals surface area contributed by atoms with Gasteiger partial charge in [0.1, 0.15) is 0 Å². The van der Waals surface area contributed by atoms with Gasteiger partial charge in [-0.3, -0.25) is 4.90 Å². The number of hydrogen-bond donors (Lipinski definition) is 1. The van der Waals surface area contributed by atoms with Gasteiger partial charge in [-0.25, -0.2) is 0 Å². The normalized spacial score (nSPS) is 14.8. The summed E-state index contributed by atoms with van der Waals surface area (Å²) in [4.78, 5) is 9.42. The molecule has 0 aliphatic carbocycles. The maximum Gasteiger partial charge on any atom is 0.247 e. The largest absolute Gasteiger partial charge is 0.338 e. The van der Waals surface area contributed by atoms with Crippen LogP contribution in [0.25, 0.3) is 0 Å². The van der Waals surface area contributed by atoms with Crippen LogP contribution in [0.5, 0.6) is 0 Å². The van der Waals surface area contributed by atoms with Crippen molar-refractivity contribution in [2.24, 2.45) is 0 Å². The van der Waals surface area contributed by atoms with Gasteiger partial charge >= 0.3 is 0 Å². The van der Waals surface area contributed by atoms with E-state index in [1.807, 2.05) is 0 Å². The molecule has 4 rings (SSSR count). The molecule has 150 valence electrons. The van der Waals surface area contributed by atoms with Gasteiger partial charge in [-0.1, -0.05) is 48.0 Å². The van der Waals surface area contributed by atoms with E-state index in [0.29, 0.717) is 5.95 Å². The number of nitrogens with zero attached hydrogens (tertiary/aromatic N) is 5. The third-order valence-electron chi connectivity index (χ3n) is 5.38. The van der Waals surface area contributed by atoms with Crippen LogP contribution in [0.1, 0.15) is 22.3 Å². The summed E-state index contributed by atoms with van der Waals surface area (Å²) in [5.41, 5.74) is 6.12. The Morgan fingerprint density at radius 1 is 0.931 bits per heavy atom. The maximum absolute atomic E-state index is 4.73. The standard InChI is InChI=1S/C23H28N6/c1-17-13-18(2)22(19(3)14-17)25-21-15-24-27-23(26-21)29-11-9-28(10-12-29)16-20-7-5-4-6-8-20/h4-8,13-15H,9-12,16H2,1-3H3,(H,25,26,27). The molecule has 2 heterocycles. The Morgan fingerprint density at radius 3 is 2.31 bits per heavy atom. The zero-order valence-corrected chi connectivity index (χ0v) is 17.4. The van der Waals surface area contributed by atoms with Crippen molar-refractivity contribution in [2.75, 3.05) is 36.4 Å². The predicted molar refractivity (Wildman–Crippen MR) is 118 cm³/mol. The lowest BCUT2D eigenvalue weighted by Crippen LogP contribution is -2.46. The lowest BCUT2D eigenvalue weighted by atomic mass is 10.1. The molecular formula is C23H28N6. The van der Waals surface area contributed by atoms with Gasteiger partial charge in [0, 0.05) is 38.4 Å². The van der Waals surface area contributed by atoms with E-state index in [9.17, 15) is 0 Å². The van der Waals surface area contributed by atoms with Crippen LogP contribution in [0, 0.1) is 20.8 Å². The molecule has 6 nitrogen and oxygen atoms in total. The zero-order chi connectivity index (χ0) is 20.2. The van der Waals surface area contributed by atoms with Crippen molar-refractivity contribution in [3.63, 3.8) is 0 Å². The molecule has 29 heavy (non-hydrogen) atoms. The van der Waals surface area contributed by atoms with Gasteiger partial charge in [-0.2, -0.15) is 10.1 Å². The topological polar surface area (TPSA) is 57.2 Å². The molecule has 0 unspecified atom stereocenters. The van der Waals surface area contributed by atoms with Crippen molar-refractivity contribution in [1.29, 1.82) is 0 Å². The van der Waals surface area contributed by atoms with Crippen LogP contribution in [-0.4, -0.2) is 46.3 Å². The molecule has 6 heteroatoms. The average Bonchev–Trinajstić information content (AvgIpc) is 2.72. The average molecular weight is 389 g/mol. The summed E-state index contributed by atoms with van der Waals surface area (Å²) in [6.07, 6.45) is 1.69. The minimum atomic E-state index is 0.691. The number of benzene rings is 2. The molecule has 0 spiro atoms. The van der Waals surface area contributed by atoms with Gasteiger partial charge in [-0.05, 0) is 37.5 Å². The number of anilines is 3. The number of aryl methyl sites for hydroxylation is 3. The Bertz CT molecular complexity index is 941. The van der Waals surface area contributed by atoms with Crippen molar-refractivity contribution in [2.45, 2.75) is 27.3 Å².